The van der Waals surface area contributed by atoms with E-state index in [0.717, 1.165) is 30.6 Å². The normalized spacial score (nSPS) is 23.5. The molecule has 1 N–H and O–H groups in total. The number of hydrogen-bond acceptors (Lipinski definition) is 3. The molecule has 2 unspecified atom stereocenters. The third-order valence-corrected chi connectivity index (χ3v) is 4.03. The number of anilines is 1. The summed E-state index contributed by atoms with van der Waals surface area (Å²) in [6.07, 6.45) is 5.55. The van der Waals surface area contributed by atoms with E-state index in [1.165, 1.54) is 0 Å². The third-order valence-electron chi connectivity index (χ3n) is 4.03. The molecular formula is C14H18N4O. The van der Waals surface area contributed by atoms with Gasteiger partial charge in [-0.3, -0.25) is 4.79 Å². The van der Waals surface area contributed by atoms with E-state index >= 15 is 0 Å². The zero-order valence-corrected chi connectivity index (χ0v) is 11.3. The van der Waals surface area contributed by atoms with Gasteiger partial charge in [0.05, 0.1) is 12.0 Å². The first-order valence-corrected chi connectivity index (χ1v) is 6.81. The predicted octanol–water partition coefficient (Wildman–Crippen LogP) is 2.36. The number of H-pyrrole nitrogens is 1. The molecule has 1 fully saturated rings. The van der Waals surface area contributed by atoms with Crippen LogP contribution in [0, 0.1) is 11.8 Å². The zero-order valence-electron chi connectivity index (χ0n) is 11.3. The highest BCUT2D eigenvalue weighted by Crippen LogP contribution is 2.34. The van der Waals surface area contributed by atoms with E-state index in [9.17, 15) is 4.79 Å². The maximum absolute atomic E-state index is 12.4. The van der Waals surface area contributed by atoms with Crippen LogP contribution in [0.3, 0.4) is 0 Å². The van der Waals surface area contributed by atoms with Crippen molar-refractivity contribution in [3.8, 4) is 0 Å². The highest BCUT2D eigenvalue weighted by Gasteiger charge is 2.37. The summed E-state index contributed by atoms with van der Waals surface area (Å²) in [5.41, 5.74) is 2.41. The molecule has 1 amide bonds. The van der Waals surface area contributed by atoms with Gasteiger partial charge in [-0.2, -0.15) is 0 Å². The Kier molecular flexibility index (Phi) is 2.97. The molecule has 0 saturated carbocycles. The van der Waals surface area contributed by atoms with Gasteiger partial charge in [-0.15, -0.1) is 0 Å². The minimum atomic E-state index is 0.103. The Hall–Kier alpha value is -1.91. The van der Waals surface area contributed by atoms with Gasteiger partial charge in [0.1, 0.15) is 5.52 Å². The number of aromatic nitrogens is 3. The van der Waals surface area contributed by atoms with E-state index in [-0.39, 0.29) is 11.8 Å². The summed E-state index contributed by atoms with van der Waals surface area (Å²) < 4.78 is 0. The fraction of sp³-hybridized carbons (Fsp3) is 0.500. The van der Waals surface area contributed by atoms with Crippen LogP contribution in [0.15, 0.2) is 18.6 Å². The summed E-state index contributed by atoms with van der Waals surface area (Å²) in [7, 11) is 0. The summed E-state index contributed by atoms with van der Waals surface area (Å²) in [6, 6.07) is 1.89. The molecule has 1 saturated heterocycles. The minimum absolute atomic E-state index is 0.103. The Labute approximate surface area is 112 Å². The van der Waals surface area contributed by atoms with Crippen molar-refractivity contribution in [3.63, 3.8) is 0 Å². The lowest BCUT2D eigenvalue weighted by Gasteiger charge is -2.17. The Morgan fingerprint density at radius 1 is 1.47 bits per heavy atom. The number of hydrogen-bond donors (Lipinski definition) is 1. The molecule has 2 aromatic heterocycles. The Bertz CT molecular complexity index is 606. The van der Waals surface area contributed by atoms with Crippen molar-refractivity contribution in [2.75, 3.05) is 11.4 Å². The first-order chi connectivity index (χ1) is 9.22. The van der Waals surface area contributed by atoms with Crippen LogP contribution in [0.4, 0.5) is 5.69 Å². The number of amides is 1. The van der Waals surface area contributed by atoms with Crippen molar-refractivity contribution in [2.45, 2.75) is 26.7 Å². The fourth-order valence-electron chi connectivity index (χ4n) is 2.92. The maximum atomic E-state index is 12.4. The van der Waals surface area contributed by atoms with Gasteiger partial charge in [0.2, 0.25) is 5.91 Å². The molecule has 2 atom stereocenters. The number of nitrogens with one attached hydrogen (secondary N) is 1. The average Bonchev–Trinajstić information content (AvgIpc) is 2.99. The molecule has 5 nitrogen and oxygen atoms in total. The highest BCUT2D eigenvalue weighted by atomic mass is 16.2. The number of carbonyl (C=O) groups is 1. The van der Waals surface area contributed by atoms with E-state index in [1.54, 1.807) is 12.5 Å². The molecule has 3 heterocycles. The van der Waals surface area contributed by atoms with Crippen LogP contribution in [-0.2, 0) is 4.79 Å². The van der Waals surface area contributed by atoms with Crippen LogP contribution >= 0.6 is 0 Å². The smallest absolute Gasteiger partial charge is 0.230 e. The largest absolute Gasteiger partial charge is 0.341 e. The molecule has 1 aliphatic rings. The van der Waals surface area contributed by atoms with E-state index < -0.39 is 0 Å². The van der Waals surface area contributed by atoms with Crippen LogP contribution < -0.4 is 4.90 Å². The first-order valence-electron chi connectivity index (χ1n) is 6.81. The lowest BCUT2D eigenvalue weighted by Crippen LogP contribution is -2.26. The van der Waals surface area contributed by atoms with Gasteiger partial charge in [0.25, 0.3) is 0 Å². The highest BCUT2D eigenvalue weighted by molar-refractivity contribution is 6.03. The van der Waals surface area contributed by atoms with Gasteiger partial charge in [0, 0.05) is 18.7 Å². The third kappa shape index (κ3) is 1.89. The second kappa shape index (κ2) is 4.64. The molecular weight excluding hydrogens is 240 g/mol. The fourth-order valence-corrected chi connectivity index (χ4v) is 2.92. The average molecular weight is 258 g/mol. The van der Waals surface area contributed by atoms with E-state index in [2.05, 4.69) is 21.9 Å². The number of rotatable bonds is 3. The Morgan fingerprint density at radius 3 is 3.11 bits per heavy atom. The topological polar surface area (TPSA) is 61.9 Å². The summed E-state index contributed by atoms with van der Waals surface area (Å²) in [5.74, 6) is 0.760. The number of aromatic amines is 1. The number of fused-ring (bicyclic) bond motifs is 1. The van der Waals surface area contributed by atoms with E-state index in [1.807, 2.05) is 17.9 Å². The molecule has 0 spiro atoms. The van der Waals surface area contributed by atoms with Gasteiger partial charge in [-0.25, -0.2) is 9.97 Å². The Morgan fingerprint density at radius 2 is 2.32 bits per heavy atom. The molecule has 0 radical (unpaired) electrons. The molecule has 0 aromatic carbocycles. The number of imidazole rings is 1. The monoisotopic (exact) mass is 258 g/mol. The molecule has 1 aliphatic heterocycles. The summed E-state index contributed by atoms with van der Waals surface area (Å²) in [6.45, 7) is 5.00. The van der Waals surface area contributed by atoms with Gasteiger partial charge in [-0.1, -0.05) is 20.3 Å². The number of carbonyl (C=O) groups excluding carboxylic acids is 1. The SMILES string of the molecule is CCCC1CN(c2ccnc3nc[nH]c23)C(=O)C1C. The van der Waals surface area contributed by atoms with E-state index in [4.69, 9.17) is 0 Å². The van der Waals surface area contributed by atoms with Crippen LogP contribution in [0.1, 0.15) is 26.7 Å². The van der Waals surface area contributed by atoms with Crippen molar-refractivity contribution in [2.24, 2.45) is 11.8 Å². The van der Waals surface area contributed by atoms with Crippen LogP contribution in [-0.4, -0.2) is 27.4 Å². The Balaban J connectivity index is 1.98. The minimum Gasteiger partial charge on any atom is -0.341 e. The summed E-state index contributed by atoms with van der Waals surface area (Å²) >= 11 is 0. The van der Waals surface area contributed by atoms with Crippen molar-refractivity contribution in [1.29, 1.82) is 0 Å². The first kappa shape index (κ1) is 12.1. The molecule has 19 heavy (non-hydrogen) atoms. The summed E-state index contributed by atoms with van der Waals surface area (Å²) in [5, 5.41) is 0. The van der Waals surface area contributed by atoms with Crippen molar-refractivity contribution in [1.82, 2.24) is 15.0 Å². The van der Waals surface area contributed by atoms with Gasteiger partial charge >= 0.3 is 0 Å². The lowest BCUT2D eigenvalue weighted by molar-refractivity contribution is -0.120. The van der Waals surface area contributed by atoms with Crippen molar-refractivity contribution in [3.05, 3.63) is 18.6 Å². The van der Waals surface area contributed by atoms with Crippen LogP contribution in [0.2, 0.25) is 0 Å². The molecule has 100 valence electrons. The standard InChI is InChI=1S/C14H18N4O/c1-3-4-10-7-18(14(19)9(10)2)11-5-6-15-13-12(11)16-8-17-13/h5-6,8-10H,3-4,7H2,1-2H3,(H,15,16,17). The molecule has 0 bridgehead atoms. The van der Waals surface area contributed by atoms with Gasteiger partial charge < -0.3 is 9.88 Å². The second-order valence-electron chi connectivity index (χ2n) is 5.22. The zero-order chi connectivity index (χ0) is 13.4. The predicted molar refractivity (Wildman–Crippen MR) is 73.8 cm³/mol. The maximum Gasteiger partial charge on any atom is 0.230 e. The van der Waals surface area contributed by atoms with Crippen LogP contribution in [0.5, 0.6) is 0 Å². The van der Waals surface area contributed by atoms with Crippen LogP contribution in [0.25, 0.3) is 11.2 Å². The molecule has 3 rings (SSSR count). The molecule has 5 heteroatoms. The summed E-state index contributed by atoms with van der Waals surface area (Å²) in [4.78, 5) is 25.7. The van der Waals surface area contributed by atoms with E-state index in [0.29, 0.717) is 11.6 Å². The molecule has 2 aromatic rings. The lowest BCUT2D eigenvalue weighted by atomic mass is 9.93. The number of nitrogens with zero attached hydrogens (tertiary/aromatic N) is 3. The van der Waals surface area contributed by atoms with Gasteiger partial charge in [0.15, 0.2) is 5.65 Å². The molecule has 0 aliphatic carbocycles. The quantitative estimate of drug-likeness (QED) is 0.919. The van der Waals surface area contributed by atoms with Crippen molar-refractivity contribution >= 4 is 22.8 Å². The van der Waals surface area contributed by atoms with Crippen molar-refractivity contribution < 1.29 is 4.79 Å². The number of pyridine rings is 1. The second-order valence-corrected chi connectivity index (χ2v) is 5.22. The van der Waals surface area contributed by atoms with Gasteiger partial charge in [-0.05, 0) is 18.4 Å².